The van der Waals surface area contributed by atoms with E-state index in [1.807, 2.05) is 13.0 Å². The molecule has 3 rings (SSSR count). The SMILES string of the molecule is CCOCc1nc(N)cc(NC2CCN3CCCC3C2)n1. The van der Waals surface area contributed by atoms with Gasteiger partial charge in [0.25, 0.3) is 0 Å². The molecule has 0 bridgehead atoms. The van der Waals surface area contributed by atoms with Crippen LogP contribution >= 0.6 is 0 Å². The van der Waals surface area contributed by atoms with Gasteiger partial charge in [0.15, 0.2) is 5.82 Å². The normalized spacial score (nSPS) is 25.8. The van der Waals surface area contributed by atoms with Crippen molar-refractivity contribution in [1.82, 2.24) is 14.9 Å². The van der Waals surface area contributed by atoms with Gasteiger partial charge in [0, 0.05) is 31.3 Å². The largest absolute Gasteiger partial charge is 0.384 e. The minimum Gasteiger partial charge on any atom is -0.384 e. The topological polar surface area (TPSA) is 76.3 Å². The number of nitrogen functional groups attached to an aromatic ring is 1. The number of nitrogens with two attached hydrogens (primary N) is 1. The zero-order valence-electron chi connectivity index (χ0n) is 12.7. The number of ether oxygens (including phenoxy) is 1. The zero-order valence-corrected chi connectivity index (χ0v) is 12.7. The van der Waals surface area contributed by atoms with Gasteiger partial charge in [-0.05, 0) is 39.2 Å². The number of rotatable bonds is 5. The lowest BCUT2D eigenvalue weighted by Gasteiger charge is -2.35. The number of hydrogen-bond acceptors (Lipinski definition) is 6. The molecule has 0 spiro atoms. The minimum absolute atomic E-state index is 0.414. The van der Waals surface area contributed by atoms with E-state index in [-0.39, 0.29) is 0 Å². The lowest BCUT2D eigenvalue weighted by atomic mass is 9.97. The molecule has 2 aliphatic heterocycles. The Morgan fingerprint density at radius 1 is 1.38 bits per heavy atom. The van der Waals surface area contributed by atoms with E-state index in [1.54, 1.807) is 0 Å². The third kappa shape index (κ3) is 3.63. The molecular weight excluding hydrogens is 266 g/mol. The van der Waals surface area contributed by atoms with Gasteiger partial charge in [-0.2, -0.15) is 0 Å². The molecule has 0 saturated carbocycles. The molecule has 1 aromatic heterocycles. The molecule has 116 valence electrons. The second kappa shape index (κ2) is 6.58. The van der Waals surface area contributed by atoms with Crippen LogP contribution in [0.3, 0.4) is 0 Å². The molecule has 21 heavy (non-hydrogen) atoms. The van der Waals surface area contributed by atoms with Gasteiger partial charge in [0.2, 0.25) is 0 Å². The second-order valence-corrected chi connectivity index (χ2v) is 5.93. The Bertz CT molecular complexity index is 481. The average molecular weight is 291 g/mol. The summed E-state index contributed by atoms with van der Waals surface area (Å²) in [4.78, 5) is 11.3. The lowest BCUT2D eigenvalue weighted by Crippen LogP contribution is -2.42. The summed E-state index contributed by atoms with van der Waals surface area (Å²) in [6.07, 6.45) is 5.04. The van der Waals surface area contributed by atoms with Crippen LogP contribution in [0.2, 0.25) is 0 Å². The van der Waals surface area contributed by atoms with Crippen molar-refractivity contribution in [2.75, 3.05) is 30.7 Å². The van der Waals surface area contributed by atoms with Gasteiger partial charge in [-0.1, -0.05) is 0 Å². The molecule has 1 aromatic rings. The summed E-state index contributed by atoms with van der Waals surface area (Å²) in [5, 5.41) is 3.54. The van der Waals surface area contributed by atoms with Crippen molar-refractivity contribution in [3.63, 3.8) is 0 Å². The molecule has 3 N–H and O–H groups in total. The average Bonchev–Trinajstić information content (AvgIpc) is 2.92. The molecule has 3 heterocycles. The Morgan fingerprint density at radius 2 is 2.29 bits per heavy atom. The maximum atomic E-state index is 5.87. The van der Waals surface area contributed by atoms with Crippen molar-refractivity contribution in [3.05, 3.63) is 11.9 Å². The highest BCUT2D eigenvalue weighted by Gasteiger charge is 2.31. The third-order valence-corrected chi connectivity index (χ3v) is 4.40. The maximum absolute atomic E-state index is 5.87. The maximum Gasteiger partial charge on any atom is 0.158 e. The predicted octanol–water partition coefficient (Wildman–Crippen LogP) is 1.63. The van der Waals surface area contributed by atoms with Crippen molar-refractivity contribution in [3.8, 4) is 0 Å². The van der Waals surface area contributed by atoms with E-state index in [0.29, 0.717) is 30.9 Å². The van der Waals surface area contributed by atoms with Gasteiger partial charge in [-0.15, -0.1) is 0 Å². The first kappa shape index (κ1) is 14.5. The molecule has 2 fully saturated rings. The molecule has 2 unspecified atom stereocenters. The van der Waals surface area contributed by atoms with Crippen molar-refractivity contribution >= 4 is 11.6 Å². The molecule has 0 radical (unpaired) electrons. The quantitative estimate of drug-likeness (QED) is 0.859. The number of nitrogens with zero attached hydrogens (tertiary/aromatic N) is 3. The number of anilines is 2. The second-order valence-electron chi connectivity index (χ2n) is 5.93. The first-order chi connectivity index (χ1) is 10.2. The van der Waals surface area contributed by atoms with Crippen molar-refractivity contribution in [1.29, 1.82) is 0 Å². The summed E-state index contributed by atoms with van der Waals surface area (Å²) in [5.41, 5.74) is 5.87. The molecular formula is C15H25N5O. The lowest BCUT2D eigenvalue weighted by molar-refractivity contribution is 0.128. The Morgan fingerprint density at radius 3 is 3.14 bits per heavy atom. The third-order valence-electron chi connectivity index (χ3n) is 4.40. The molecule has 6 heteroatoms. The first-order valence-corrected chi connectivity index (χ1v) is 7.96. The van der Waals surface area contributed by atoms with E-state index in [9.17, 15) is 0 Å². The Hall–Kier alpha value is -1.40. The molecule has 0 aliphatic carbocycles. The fraction of sp³-hybridized carbons (Fsp3) is 0.733. The van der Waals surface area contributed by atoms with Gasteiger partial charge in [0.1, 0.15) is 18.2 Å². The monoisotopic (exact) mass is 291 g/mol. The van der Waals surface area contributed by atoms with Gasteiger partial charge in [0.05, 0.1) is 0 Å². The number of hydrogen-bond donors (Lipinski definition) is 2. The number of aromatic nitrogens is 2. The van der Waals surface area contributed by atoms with Gasteiger partial charge in [-0.25, -0.2) is 9.97 Å². The van der Waals surface area contributed by atoms with E-state index < -0.39 is 0 Å². The standard InChI is InChI=1S/C15H25N5O/c1-2-21-10-15-18-13(16)9-14(19-15)17-11-5-7-20-6-3-4-12(20)8-11/h9,11-12H,2-8,10H2,1H3,(H3,16,17,18,19). The summed E-state index contributed by atoms with van der Waals surface area (Å²) in [6.45, 7) is 5.49. The van der Waals surface area contributed by atoms with Gasteiger partial charge >= 0.3 is 0 Å². The summed E-state index contributed by atoms with van der Waals surface area (Å²) < 4.78 is 5.36. The van der Waals surface area contributed by atoms with E-state index in [1.165, 1.54) is 38.8 Å². The van der Waals surface area contributed by atoms with Gasteiger partial charge in [-0.3, -0.25) is 0 Å². The van der Waals surface area contributed by atoms with E-state index >= 15 is 0 Å². The van der Waals surface area contributed by atoms with E-state index in [0.717, 1.165) is 11.9 Å². The van der Waals surface area contributed by atoms with Crippen LogP contribution in [0, 0.1) is 0 Å². The summed E-state index contributed by atoms with van der Waals surface area (Å²) in [5.74, 6) is 1.98. The Labute approximate surface area is 126 Å². The molecule has 6 nitrogen and oxygen atoms in total. The Balaban J connectivity index is 1.62. The summed E-state index contributed by atoms with van der Waals surface area (Å²) >= 11 is 0. The number of fused-ring (bicyclic) bond motifs is 1. The smallest absolute Gasteiger partial charge is 0.158 e. The highest BCUT2D eigenvalue weighted by Crippen LogP contribution is 2.28. The van der Waals surface area contributed by atoms with E-state index in [4.69, 9.17) is 10.5 Å². The molecule has 2 saturated heterocycles. The van der Waals surface area contributed by atoms with Crippen LogP contribution in [0.1, 0.15) is 38.4 Å². The summed E-state index contributed by atoms with van der Waals surface area (Å²) in [6, 6.07) is 3.05. The van der Waals surface area contributed by atoms with Gasteiger partial charge < -0.3 is 20.7 Å². The fourth-order valence-electron chi connectivity index (χ4n) is 3.41. The van der Waals surface area contributed by atoms with Crippen LogP contribution < -0.4 is 11.1 Å². The van der Waals surface area contributed by atoms with Crippen LogP contribution in [0.25, 0.3) is 0 Å². The Kier molecular flexibility index (Phi) is 4.55. The van der Waals surface area contributed by atoms with Crippen LogP contribution in [0.5, 0.6) is 0 Å². The minimum atomic E-state index is 0.414. The van der Waals surface area contributed by atoms with Crippen molar-refractivity contribution < 1.29 is 4.74 Å². The van der Waals surface area contributed by atoms with Crippen LogP contribution in [0.4, 0.5) is 11.6 Å². The summed E-state index contributed by atoms with van der Waals surface area (Å²) in [7, 11) is 0. The number of piperidine rings is 1. The van der Waals surface area contributed by atoms with Crippen LogP contribution in [-0.2, 0) is 11.3 Å². The molecule has 0 amide bonds. The molecule has 2 aliphatic rings. The number of nitrogens with one attached hydrogen (secondary N) is 1. The molecule has 2 atom stereocenters. The first-order valence-electron chi connectivity index (χ1n) is 7.96. The zero-order chi connectivity index (χ0) is 14.7. The van der Waals surface area contributed by atoms with Crippen molar-refractivity contribution in [2.45, 2.75) is 51.3 Å². The fourth-order valence-corrected chi connectivity index (χ4v) is 3.41. The highest BCUT2D eigenvalue weighted by molar-refractivity contribution is 5.45. The van der Waals surface area contributed by atoms with Crippen LogP contribution in [-0.4, -0.2) is 46.6 Å². The van der Waals surface area contributed by atoms with E-state index in [2.05, 4.69) is 20.2 Å². The predicted molar refractivity (Wildman–Crippen MR) is 83.0 cm³/mol. The molecule has 0 aromatic carbocycles. The van der Waals surface area contributed by atoms with Crippen LogP contribution in [0.15, 0.2) is 6.07 Å². The highest BCUT2D eigenvalue weighted by atomic mass is 16.5. The van der Waals surface area contributed by atoms with Crippen molar-refractivity contribution in [2.24, 2.45) is 0 Å².